The molecule has 0 aliphatic carbocycles. The van der Waals surface area contributed by atoms with Gasteiger partial charge in [0.25, 0.3) is 0 Å². The number of carboxylic acid groups (broad SMARTS) is 1. The highest BCUT2D eigenvalue weighted by Gasteiger charge is 2.28. The Morgan fingerprint density at radius 3 is 2.83 bits per heavy atom. The van der Waals surface area contributed by atoms with Crippen LogP contribution in [-0.4, -0.2) is 46.8 Å². The van der Waals surface area contributed by atoms with Gasteiger partial charge in [0.2, 0.25) is 11.8 Å². The summed E-state index contributed by atoms with van der Waals surface area (Å²) in [6.07, 6.45) is 3.57. The molecule has 1 aromatic carbocycles. The number of aromatic nitrogens is 2. The van der Waals surface area contributed by atoms with Gasteiger partial charge in [0.1, 0.15) is 30.0 Å². The predicted octanol–water partition coefficient (Wildman–Crippen LogP) is 4.34. The van der Waals surface area contributed by atoms with E-state index >= 15 is 0 Å². The lowest BCUT2D eigenvalue weighted by molar-refractivity contribution is -0.117. The minimum absolute atomic E-state index is 0.140. The molecule has 1 unspecified atom stereocenters. The Morgan fingerprint density at radius 1 is 1.14 bits per heavy atom. The third-order valence-electron chi connectivity index (χ3n) is 6.50. The molecule has 0 saturated carbocycles. The summed E-state index contributed by atoms with van der Waals surface area (Å²) < 4.78 is 11.7. The highest BCUT2D eigenvalue weighted by Crippen LogP contribution is 2.44. The Labute approximate surface area is 201 Å². The highest BCUT2D eigenvalue weighted by atomic mass is 16.5. The molecular formula is C25H23N5O5. The van der Waals surface area contributed by atoms with Crippen LogP contribution >= 0.6 is 0 Å². The van der Waals surface area contributed by atoms with Crippen molar-refractivity contribution in [2.45, 2.75) is 25.9 Å². The molecule has 3 aromatic rings. The maximum absolute atomic E-state index is 12.1. The van der Waals surface area contributed by atoms with E-state index in [-0.39, 0.29) is 31.0 Å². The second kappa shape index (κ2) is 8.15. The van der Waals surface area contributed by atoms with Gasteiger partial charge in [-0.15, -0.1) is 0 Å². The Balaban J connectivity index is 1.29. The van der Waals surface area contributed by atoms with Crippen LogP contribution in [0, 0.1) is 0 Å². The highest BCUT2D eigenvalue weighted by molar-refractivity contribution is 5.96. The lowest BCUT2D eigenvalue weighted by Crippen LogP contribution is -2.37. The minimum Gasteiger partial charge on any atom is -0.485 e. The second-order valence-electron chi connectivity index (χ2n) is 8.70. The van der Waals surface area contributed by atoms with Gasteiger partial charge in [-0.25, -0.2) is 14.8 Å². The van der Waals surface area contributed by atoms with E-state index in [4.69, 9.17) is 9.47 Å². The number of hydrogen-bond donors (Lipinski definition) is 2. The smallest absolute Gasteiger partial charge is 0.412 e. The zero-order valence-electron chi connectivity index (χ0n) is 19.0. The molecule has 2 N–H and O–H groups in total. The van der Waals surface area contributed by atoms with Crippen LogP contribution in [0.2, 0.25) is 0 Å². The van der Waals surface area contributed by atoms with Crippen molar-refractivity contribution in [2.24, 2.45) is 0 Å². The van der Waals surface area contributed by atoms with Gasteiger partial charge in [-0.1, -0.05) is 0 Å². The van der Waals surface area contributed by atoms with Gasteiger partial charge in [0, 0.05) is 47.6 Å². The number of fused-ring (bicyclic) bond motifs is 4. The molecule has 5 heterocycles. The first kappa shape index (κ1) is 21.2. The second-order valence-corrected chi connectivity index (χ2v) is 8.70. The fourth-order valence-corrected chi connectivity index (χ4v) is 4.79. The first-order valence-electron chi connectivity index (χ1n) is 11.5. The van der Waals surface area contributed by atoms with Crippen LogP contribution < -0.4 is 24.6 Å². The van der Waals surface area contributed by atoms with E-state index in [1.807, 2.05) is 31.2 Å². The van der Waals surface area contributed by atoms with E-state index in [0.717, 1.165) is 41.1 Å². The topological polar surface area (TPSA) is 117 Å². The van der Waals surface area contributed by atoms with Gasteiger partial charge in [-0.05, 0) is 37.6 Å². The molecule has 10 heteroatoms. The van der Waals surface area contributed by atoms with Crippen LogP contribution in [0.15, 0.2) is 42.7 Å². The van der Waals surface area contributed by atoms with Crippen molar-refractivity contribution in [3.63, 3.8) is 0 Å². The first-order chi connectivity index (χ1) is 17.0. The lowest BCUT2D eigenvalue weighted by atomic mass is 9.94. The third kappa shape index (κ3) is 3.67. The van der Waals surface area contributed by atoms with Gasteiger partial charge >= 0.3 is 6.09 Å². The van der Waals surface area contributed by atoms with Crippen molar-refractivity contribution in [3.8, 4) is 22.8 Å². The van der Waals surface area contributed by atoms with Crippen LogP contribution in [0.4, 0.5) is 27.7 Å². The van der Waals surface area contributed by atoms with Crippen molar-refractivity contribution >= 4 is 34.9 Å². The Bertz CT molecular complexity index is 1360. The summed E-state index contributed by atoms with van der Waals surface area (Å²) >= 11 is 0. The number of carbonyl (C=O) groups is 2. The number of pyridine rings is 2. The average Bonchev–Trinajstić information content (AvgIpc) is 3.29. The molecule has 3 aliphatic heterocycles. The molecule has 1 fully saturated rings. The molecule has 2 amide bonds. The number of nitrogens with one attached hydrogen (secondary N) is 1. The maximum atomic E-state index is 12.1. The number of rotatable bonds is 3. The molecule has 178 valence electrons. The number of amides is 2. The molecule has 6 rings (SSSR count). The van der Waals surface area contributed by atoms with E-state index in [1.54, 1.807) is 23.4 Å². The van der Waals surface area contributed by atoms with Crippen molar-refractivity contribution in [3.05, 3.63) is 48.3 Å². The summed E-state index contributed by atoms with van der Waals surface area (Å²) in [5, 5.41) is 12.7. The molecule has 1 saturated heterocycles. The summed E-state index contributed by atoms with van der Waals surface area (Å²) in [5.74, 6) is 1.75. The van der Waals surface area contributed by atoms with Crippen LogP contribution in [0.3, 0.4) is 0 Å². The number of ether oxygens (including phenoxy) is 2. The van der Waals surface area contributed by atoms with Crippen LogP contribution in [0.1, 0.15) is 31.4 Å². The molecule has 0 spiro atoms. The number of nitrogens with zero attached hydrogens (tertiary/aromatic N) is 4. The summed E-state index contributed by atoms with van der Waals surface area (Å²) in [6, 6.07) is 9.47. The Kier molecular flexibility index (Phi) is 4.94. The number of anilines is 4. The Morgan fingerprint density at radius 2 is 2.03 bits per heavy atom. The maximum Gasteiger partial charge on any atom is 0.412 e. The normalized spacial score (nSPS) is 18.2. The summed E-state index contributed by atoms with van der Waals surface area (Å²) in [4.78, 5) is 35.6. The minimum atomic E-state index is -1.05. The summed E-state index contributed by atoms with van der Waals surface area (Å²) in [5.41, 5.74) is 4.71. The summed E-state index contributed by atoms with van der Waals surface area (Å²) in [7, 11) is 0. The molecule has 3 aliphatic rings. The van der Waals surface area contributed by atoms with E-state index < -0.39 is 6.09 Å². The molecule has 10 nitrogen and oxygen atoms in total. The fourth-order valence-electron chi connectivity index (χ4n) is 4.79. The molecular weight excluding hydrogens is 450 g/mol. The predicted molar refractivity (Wildman–Crippen MR) is 129 cm³/mol. The number of carbonyl (C=O) groups excluding carboxylic acids is 1. The van der Waals surface area contributed by atoms with Crippen LogP contribution in [0.5, 0.6) is 11.6 Å². The first-order valence-corrected chi connectivity index (χ1v) is 11.5. The number of benzene rings is 1. The van der Waals surface area contributed by atoms with E-state index in [0.29, 0.717) is 23.6 Å². The summed E-state index contributed by atoms with van der Waals surface area (Å²) in [6.45, 7) is 3.21. The standard InChI is InChI=1S/C25H23N5O5/c1-14-18-11-22(28-15-9-20-24(27-12-15)34-8-7-30(20)25(32)33)26-13-19(18)17-5-4-16(10-21(17)35-14)29-6-2-3-23(29)31/h4-5,9-14H,2-3,6-8H2,1H3,(H,26,28)(H,32,33). The van der Waals surface area contributed by atoms with Crippen molar-refractivity contribution in [1.29, 1.82) is 0 Å². The monoisotopic (exact) mass is 473 g/mol. The quantitative estimate of drug-likeness (QED) is 0.577. The average molecular weight is 473 g/mol. The third-order valence-corrected chi connectivity index (χ3v) is 6.50. The van der Waals surface area contributed by atoms with Crippen LogP contribution in [-0.2, 0) is 4.79 Å². The number of hydrogen-bond acceptors (Lipinski definition) is 7. The van der Waals surface area contributed by atoms with Gasteiger partial charge in [0.15, 0.2) is 0 Å². The van der Waals surface area contributed by atoms with Crippen molar-refractivity contribution in [2.75, 3.05) is 34.8 Å². The molecule has 1 atom stereocenters. The largest absolute Gasteiger partial charge is 0.485 e. The van der Waals surface area contributed by atoms with Crippen molar-refractivity contribution < 1.29 is 24.2 Å². The SMILES string of the molecule is CC1Oc2cc(N3CCCC3=O)ccc2-c2cnc(Nc3cnc4c(c3)N(C(=O)O)CCO4)cc21. The van der Waals surface area contributed by atoms with Crippen LogP contribution in [0.25, 0.3) is 11.1 Å². The van der Waals surface area contributed by atoms with E-state index in [2.05, 4.69) is 15.3 Å². The van der Waals surface area contributed by atoms with Gasteiger partial charge in [0.05, 0.1) is 18.4 Å². The zero-order valence-corrected chi connectivity index (χ0v) is 19.0. The van der Waals surface area contributed by atoms with Crippen molar-refractivity contribution in [1.82, 2.24) is 9.97 Å². The zero-order chi connectivity index (χ0) is 24.1. The van der Waals surface area contributed by atoms with Gasteiger partial charge < -0.3 is 24.8 Å². The Hall–Kier alpha value is -4.34. The molecule has 0 bridgehead atoms. The molecule has 2 aromatic heterocycles. The van der Waals surface area contributed by atoms with E-state index in [1.165, 1.54) is 4.90 Å². The molecule has 0 radical (unpaired) electrons. The molecule has 35 heavy (non-hydrogen) atoms. The lowest BCUT2D eigenvalue weighted by Gasteiger charge is -2.28. The fraction of sp³-hybridized carbons (Fsp3) is 0.280. The van der Waals surface area contributed by atoms with Gasteiger partial charge in [-0.2, -0.15) is 0 Å². The van der Waals surface area contributed by atoms with E-state index in [9.17, 15) is 14.7 Å². The van der Waals surface area contributed by atoms with Gasteiger partial charge in [-0.3, -0.25) is 9.69 Å².